The molecule has 0 saturated heterocycles. The molecule has 31 heavy (non-hydrogen) atoms. The van der Waals surface area contributed by atoms with Gasteiger partial charge in [0, 0.05) is 6.07 Å². The molecule has 162 valence electrons. The number of nitrogens with zero attached hydrogens (tertiary/aromatic N) is 2. The first-order chi connectivity index (χ1) is 15.0. The largest absolute Gasteiger partial charge is 0.497 e. The van der Waals surface area contributed by atoms with Gasteiger partial charge >= 0.3 is 0 Å². The van der Waals surface area contributed by atoms with Gasteiger partial charge in [-0.1, -0.05) is 23.9 Å². The minimum Gasteiger partial charge on any atom is -0.497 e. The normalized spacial score (nSPS) is 10.4. The third kappa shape index (κ3) is 5.95. The molecule has 0 unspecified atom stereocenters. The average Bonchev–Trinajstić information content (AvgIpc) is 3.24. The lowest BCUT2D eigenvalue weighted by atomic mass is 10.2. The van der Waals surface area contributed by atoms with Crippen LogP contribution in [0.5, 0.6) is 11.5 Å². The Morgan fingerprint density at radius 3 is 2.68 bits per heavy atom. The second-order valence-corrected chi connectivity index (χ2v) is 6.95. The first-order valence-corrected chi connectivity index (χ1v) is 9.98. The van der Waals surface area contributed by atoms with Crippen molar-refractivity contribution in [3.8, 4) is 11.5 Å². The number of rotatable bonds is 9. The van der Waals surface area contributed by atoms with Crippen molar-refractivity contribution in [2.45, 2.75) is 11.8 Å². The van der Waals surface area contributed by atoms with Crippen molar-refractivity contribution in [3.05, 3.63) is 59.7 Å². The van der Waals surface area contributed by atoms with Crippen LogP contribution >= 0.6 is 11.8 Å². The van der Waals surface area contributed by atoms with E-state index in [0.717, 1.165) is 11.8 Å². The highest BCUT2D eigenvalue weighted by Crippen LogP contribution is 2.29. The summed E-state index contributed by atoms with van der Waals surface area (Å²) < 4.78 is 29.4. The van der Waals surface area contributed by atoms with Crippen molar-refractivity contribution in [1.29, 1.82) is 0 Å². The van der Waals surface area contributed by atoms with Crippen LogP contribution in [-0.4, -0.2) is 42.0 Å². The minimum atomic E-state index is -0.624. The number of hydrogen-bond acceptors (Lipinski definition) is 8. The third-order valence-corrected chi connectivity index (χ3v) is 4.79. The van der Waals surface area contributed by atoms with Crippen molar-refractivity contribution in [2.75, 3.05) is 25.3 Å². The van der Waals surface area contributed by atoms with Crippen LogP contribution < -0.4 is 20.1 Å². The van der Waals surface area contributed by atoms with Crippen molar-refractivity contribution in [3.63, 3.8) is 0 Å². The molecule has 3 rings (SSSR count). The SMILES string of the molecule is COc1ccc(NC(=O)CSc2nnc(CNC(=O)c3ccccc3F)o2)c(OC)c1. The van der Waals surface area contributed by atoms with E-state index in [1.54, 1.807) is 24.3 Å². The molecule has 3 aromatic rings. The quantitative estimate of drug-likeness (QED) is 0.482. The second-order valence-electron chi connectivity index (χ2n) is 6.03. The van der Waals surface area contributed by atoms with Gasteiger partial charge in [-0.25, -0.2) is 4.39 Å². The number of benzene rings is 2. The van der Waals surface area contributed by atoms with Gasteiger partial charge in [0.05, 0.1) is 37.8 Å². The Morgan fingerprint density at radius 2 is 1.94 bits per heavy atom. The van der Waals surface area contributed by atoms with Crippen LogP contribution in [0.25, 0.3) is 0 Å². The summed E-state index contributed by atoms with van der Waals surface area (Å²) in [5.41, 5.74) is 0.415. The van der Waals surface area contributed by atoms with Gasteiger partial charge in [-0.05, 0) is 24.3 Å². The number of halogens is 1. The number of thioether (sulfide) groups is 1. The molecule has 11 heteroatoms. The molecule has 0 fully saturated rings. The van der Waals surface area contributed by atoms with E-state index in [4.69, 9.17) is 13.9 Å². The number of amides is 2. The number of ether oxygens (including phenoxy) is 2. The summed E-state index contributed by atoms with van der Waals surface area (Å²) in [4.78, 5) is 24.2. The van der Waals surface area contributed by atoms with Gasteiger partial charge in [0.25, 0.3) is 11.1 Å². The Labute approximate surface area is 181 Å². The summed E-state index contributed by atoms with van der Waals surface area (Å²) in [5, 5.41) is 13.0. The molecule has 9 nitrogen and oxygen atoms in total. The van der Waals surface area contributed by atoms with Crippen molar-refractivity contribution < 1.29 is 27.9 Å². The van der Waals surface area contributed by atoms with E-state index in [-0.39, 0.29) is 34.9 Å². The number of anilines is 1. The minimum absolute atomic E-state index is 0.0123. The third-order valence-electron chi connectivity index (χ3n) is 3.98. The number of hydrogen-bond donors (Lipinski definition) is 2. The Kier molecular flexibility index (Phi) is 7.44. The van der Waals surface area contributed by atoms with Crippen LogP contribution in [0.4, 0.5) is 10.1 Å². The number of methoxy groups -OCH3 is 2. The van der Waals surface area contributed by atoms with E-state index < -0.39 is 11.7 Å². The van der Waals surface area contributed by atoms with Crippen LogP contribution in [0.2, 0.25) is 0 Å². The van der Waals surface area contributed by atoms with E-state index >= 15 is 0 Å². The highest BCUT2D eigenvalue weighted by Gasteiger charge is 2.14. The zero-order chi connectivity index (χ0) is 22.2. The Bertz CT molecular complexity index is 1080. The van der Waals surface area contributed by atoms with Gasteiger partial charge < -0.3 is 24.5 Å². The average molecular weight is 446 g/mol. The van der Waals surface area contributed by atoms with Gasteiger partial charge in [0.15, 0.2) is 0 Å². The first kappa shape index (κ1) is 22.1. The van der Waals surface area contributed by atoms with Crippen LogP contribution in [0.15, 0.2) is 52.1 Å². The molecule has 2 amide bonds. The van der Waals surface area contributed by atoms with Gasteiger partial charge in [-0.3, -0.25) is 9.59 Å². The molecule has 0 spiro atoms. The zero-order valence-electron chi connectivity index (χ0n) is 16.7. The molecule has 0 aliphatic rings. The van der Waals surface area contributed by atoms with Gasteiger partial charge in [-0.2, -0.15) is 0 Å². The van der Waals surface area contributed by atoms with Crippen LogP contribution in [0.1, 0.15) is 16.2 Å². The van der Waals surface area contributed by atoms with Crippen molar-refractivity contribution in [1.82, 2.24) is 15.5 Å². The summed E-state index contributed by atoms with van der Waals surface area (Å²) in [5.74, 6) is -0.323. The Balaban J connectivity index is 1.49. The maximum Gasteiger partial charge on any atom is 0.277 e. The molecule has 1 aromatic heterocycles. The smallest absolute Gasteiger partial charge is 0.277 e. The summed E-state index contributed by atoms with van der Waals surface area (Å²) in [6.07, 6.45) is 0. The predicted octanol–water partition coefficient (Wildman–Crippen LogP) is 2.89. The van der Waals surface area contributed by atoms with E-state index in [1.165, 1.54) is 32.4 Å². The van der Waals surface area contributed by atoms with E-state index in [9.17, 15) is 14.0 Å². The molecule has 1 heterocycles. The summed E-state index contributed by atoms with van der Waals surface area (Å²) in [7, 11) is 3.03. The van der Waals surface area contributed by atoms with Crippen molar-refractivity contribution in [2.24, 2.45) is 0 Å². The van der Waals surface area contributed by atoms with Crippen LogP contribution in [0.3, 0.4) is 0 Å². The molecular weight excluding hydrogens is 427 g/mol. The van der Waals surface area contributed by atoms with Gasteiger partial charge in [0.1, 0.15) is 17.3 Å². The molecule has 0 atom stereocenters. The number of nitrogens with one attached hydrogen (secondary N) is 2. The molecule has 0 saturated carbocycles. The van der Waals surface area contributed by atoms with Gasteiger partial charge in [0.2, 0.25) is 11.8 Å². The fourth-order valence-electron chi connectivity index (χ4n) is 2.48. The number of carbonyl (C=O) groups is 2. The van der Waals surface area contributed by atoms with E-state index in [2.05, 4.69) is 20.8 Å². The summed E-state index contributed by atoms with van der Waals surface area (Å²) in [6, 6.07) is 10.6. The molecule has 0 radical (unpaired) electrons. The summed E-state index contributed by atoms with van der Waals surface area (Å²) in [6.45, 7) is -0.0734. The monoisotopic (exact) mass is 446 g/mol. The van der Waals surface area contributed by atoms with Crippen molar-refractivity contribution >= 4 is 29.3 Å². The van der Waals surface area contributed by atoms with E-state index in [1.807, 2.05) is 0 Å². The fraction of sp³-hybridized carbons (Fsp3) is 0.200. The summed E-state index contributed by atoms with van der Waals surface area (Å²) >= 11 is 1.03. The zero-order valence-corrected chi connectivity index (χ0v) is 17.5. The number of carbonyl (C=O) groups excluding carboxylic acids is 2. The lowest BCUT2D eigenvalue weighted by Crippen LogP contribution is -2.23. The molecule has 0 aliphatic heterocycles. The standard InChI is InChI=1S/C20H19FN4O5S/c1-28-12-7-8-15(16(9-12)29-2)23-17(26)11-31-20-25-24-18(30-20)10-22-19(27)13-5-3-4-6-14(13)21/h3-9H,10-11H2,1-2H3,(H,22,27)(H,23,26). The molecule has 0 bridgehead atoms. The van der Waals surface area contributed by atoms with E-state index in [0.29, 0.717) is 17.2 Å². The predicted molar refractivity (Wildman–Crippen MR) is 111 cm³/mol. The Hall–Kier alpha value is -3.60. The second kappa shape index (κ2) is 10.4. The fourth-order valence-corrected chi connectivity index (χ4v) is 3.06. The lowest BCUT2D eigenvalue weighted by Gasteiger charge is -2.11. The molecular formula is C20H19FN4O5S. The first-order valence-electron chi connectivity index (χ1n) is 9.00. The maximum atomic E-state index is 13.6. The lowest BCUT2D eigenvalue weighted by molar-refractivity contribution is -0.113. The molecule has 0 aliphatic carbocycles. The topological polar surface area (TPSA) is 116 Å². The molecule has 2 aromatic carbocycles. The van der Waals surface area contributed by atoms with Crippen LogP contribution in [-0.2, 0) is 11.3 Å². The Morgan fingerprint density at radius 1 is 1.13 bits per heavy atom. The maximum absolute atomic E-state index is 13.6. The number of aromatic nitrogens is 2. The molecule has 2 N–H and O–H groups in total. The van der Waals surface area contributed by atoms with Gasteiger partial charge in [-0.15, -0.1) is 10.2 Å². The highest BCUT2D eigenvalue weighted by molar-refractivity contribution is 7.99. The highest BCUT2D eigenvalue weighted by atomic mass is 32.2. The van der Waals surface area contributed by atoms with Crippen LogP contribution in [0, 0.1) is 5.82 Å².